The van der Waals surface area contributed by atoms with Gasteiger partial charge in [-0.3, -0.25) is 9.78 Å². The molecule has 11 heteroatoms. The van der Waals surface area contributed by atoms with Crippen LogP contribution in [0.1, 0.15) is 26.3 Å². The summed E-state index contributed by atoms with van der Waals surface area (Å²) in [7, 11) is 0. The Labute approximate surface area is 192 Å². The molecular formula is C22H20ClF3N4O3. The monoisotopic (exact) mass is 480 g/mol. The normalized spacial score (nSPS) is 11.8. The predicted molar refractivity (Wildman–Crippen MR) is 117 cm³/mol. The number of nitrogens with zero attached hydrogens (tertiary/aromatic N) is 2. The first-order chi connectivity index (χ1) is 15.3. The number of carbonyl (C=O) groups excluding carboxylic acids is 1. The molecule has 0 saturated heterocycles. The van der Waals surface area contributed by atoms with E-state index in [1.807, 2.05) is 0 Å². The molecule has 1 heterocycles. The van der Waals surface area contributed by atoms with Crippen LogP contribution in [0.5, 0.6) is 5.75 Å². The number of aromatic amines is 1. The average molecular weight is 481 g/mol. The van der Waals surface area contributed by atoms with Crippen LogP contribution in [0.4, 0.5) is 13.2 Å². The number of halogens is 4. The Morgan fingerprint density at radius 3 is 2.36 bits per heavy atom. The van der Waals surface area contributed by atoms with Crippen molar-refractivity contribution in [2.45, 2.75) is 33.7 Å². The zero-order valence-corrected chi connectivity index (χ0v) is 18.6. The number of H-pyrrole nitrogens is 1. The van der Waals surface area contributed by atoms with Crippen molar-refractivity contribution in [3.8, 4) is 28.5 Å². The first kappa shape index (κ1) is 24.2. The summed E-state index contributed by atoms with van der Waals surface area (Å²) in [5.74, 6) is -0.427. The molecule has 0 bridgehead atoms. The van der Waals surface area contributed by atoms with Crippen LogP contribution < -0.4 is 15.7 Å². The number of aromatic nitrogens is 3. The van der Waals surface area contributed by atoms with Crippen LogP contribution in [0.15, 0.2) is 47.3 Å². The quantitative estimate of drug-likeness (QED) is 0.551. The molecule has 1 aromatic heterocycles. The van der Waals surface area contributed by atoms with Crippen LogP contribution in [0.25, 0.3) is 22.8 Å². The van der Waals surface area contributed by atoms with Gasteiger partial charge >= 0.3 is 12.1 Å². The van der Waals surface area contributed by atoms with E-state index in [0.29, 0.717) is 16.1 Å². The van der Waals surface area contributed by atoms with Crippen molar-refractivity contribution in [2.24, 2.45) is 5.41 Å². The average Bonchev–Trinajstić information content (AvgIpc) is 2.71. The highest BCUT2D eigenvalue weighted by molar-refractivity contribution is 6.33. The van der Waals surface area contributed by atoms with E-state index in [-0.39, 0.29) is 24.1 Å². The number of hydrogen-bond acceptors (Lipinski definition) is 5. The Balaban J connectivity index is 1.90. The zero-order chi connectivity index (χ0) is 24.4. The lowest BCUT2D eigenvalue weighted by Crippen LogP contribution is -2.34. The van der Waals surface area contributed by atoms with E-state index >= 15 is 0 Å². The fourth-order valence-electron chi connectivity index (χ4n) is 2.76. The second kappa shape index (κ2) is 9.22. The molecule has 0 saturated carbocycles. The van der Waals surface area contributed by atoms with E-state index in [2.05, 4.69) is 25.0 Å². The number of ether oxygens (including phenoxy) is 1. The number of nitrogens with one attached hydrogen (secondary N) is 2. The van der Waals surface area contributed by atoms with Gasteiger partial charge in [0, 0.05) is 23.1 Å². The molecule has 3 aromatic rings. The second-order valence-electron chi connectivity index (χ2n) is 8.15. The van der Waals surface area contributed by atoms with Crippen molar-refractivity contribution >= 4 is 17.5 Å². The molecule has 0 aliphatic rings. The van der Waals surface area contributed by atoms with Crippen LogP contribution in [-0.2, 0) is 11.3 Å². The van der Waals surface area contributed by atoms with Crippen LogP contribution >= 0.6 is 11.6 Å². The summed E-state index contributed by atoms with van der Waals surface area (Å²) < 4.78 is 40.9. The highest BCUT2D eigenvalue weighted by Gasteiger charge is 2.31. The van der Waals surface area contributed by atoms with E-state index in [4.69, 9.17) is 11.6 Å². The SMILES string of the molecule is CC(C)(C)C(=O)NCc1ccc(Cl)c(-c2nc(-c3ccc(OC(F)(F)F)cc3)nc(=O)[nH]2)c1. The molecule has 0 unspecified atom stereocenters. The van der Waals surface area contributed by atoms with Gasteiger partial charge in [0.15, 0.2) is 5.82 Å². The second-order valence-corrected chi connectivity index (χ2v) is 8.55. The molecule has 0 spiro atoms. The first-order valence-corrected chi connectivity index (χ1v) is 10.1. The van der Waals surface area contributed by atoms with E-state index in [1.54, 1.807) is 39.0 Å². The van der Waals surface area contributed by atoms with Gasteiger partial charge in [0.1, 0.15) is 11.6 Å². The fraction of sp³-hybridized carbons (Fsp3) is 0.273. The summed E-state index contributed by atoms with van der Waals surface area (Å²) in [4.78, 5) is 34.9. The molecule has 0 fully saturated rings. The Kier molecular flexibility index (Phi) is 6.78. The largest absolute Gasteiger partial charge is 0.573 e. The maximum absolute atomic E-state index is 12.4. The fourth-order valence-corrected chi connectivity index (χ4v) is 2.97. The van der Waals surface area contributed by atoms with Crippen molar-refractivity contribution in [1.82, 2.24) is 20.3 Å². The molecule has 33 heavy (non-hydrogen) atoms. The third-order valence-electron chi connectivity index (χ3n) is 4.42. The lowest BCUT2D eigenvalue weighted by Gasteiger charge is -2.18. The van der Waals surface area contributed by atoms with Crippen LogP contribution in [0, 0.1) is 5.41 Å². The van der Waals surface area contributed by atoms with Crippen molar-refractivity contribution < 1.29 is 22.7 Å². The maximum atomic E-state index is 12.4. The minimum atomic E-state index is -4.82. The van der Waals surface area contributed by atoms with Crippen LogP contribution in [-0.4, -0.2) is 27.2 Å². The van der Waals surface area contributed by atoms with Gasteiger partial charge in [-0.1, -0.05) is 38.4 Å². The van der Waals surface area contributed by atoms with Gasteiger partial charge in [-0.05, 0) is 42.0 Å². The van der Waals surface area contributed by atoms with Crippen molar-refractivity contribution in [2.75, 3.05) is 0 Å². The highest BCUT2D eigenvalue weighted by atomic mass is 35.5. The Morgan fingerprint density at radius 1 is 1.09 bits per heavy atom. The number of rotatable bonds is 5. The van der Waals surface area contributed by atoms with Crippen molar-refractivity contribution in [3.63, 3.8) is 0 Å². The molecule has 0 aliphatic carbocycles. The number of carbonyl (C=O) groups is 1. The zero-order valence-electron chi connectivity index (χ0n) is 17.9. The van der Waals surface area contributed by atoms with E-state index in [0.717, 1.165) is 17.7 Å². The van der Waals surface area contributed by atoms with Gasteiger partial charge in [-0.25, -0.2) is 9.78 Å². The molecule has 3 rings (SSSR count). The van der Waals surface area contributed by atoms with Gasteiger partial charge in [0.05, 0.1) is 5.02 Å². The molecule has 174 valence electrons. The Morgan fingerprint density at radius 2 is 1.76 bits per heavy atom. The van der Waals surface area contributed by atoms with E-state index in [1.165, 1.54) is 12.1 Å². The molecule has 1 amide bonds. The number of benzene rings is 2. The lowest BCUT2D eigenvalue weighted by molar-refractivity contribution is -0.274. The maximum Gasteiger partial charge on any atom is 0.573 e. The summed E-state index contributed by atoms with van der Waals surface area (Å²) in [6.45, 7) is 5.63. The Bertz CT molecular complexity index is 1220. The number of amides is 1. The minimum absolute atomic E-state index is 0.00480. The summed E-state index contributed by atoms with van der Waals surface area (Å²) in [6, 6.07) is 9.82. The molecule has 0 atom stereocenters. The Hall–Kier alpha value is -3.40. The van der Waals surface area contributed by atoms with Gasteiger partial charge in [-0.2, -0.15) is 4.98 Å². The molecule has 0 radical (unpaired) electrons. The predicted octanol–water partition coefficient (Wildman–Crippen LogP) is 4.71. The summed E-state index contributed by atoms with van der Waals surface area (Å²) in [6.07, 6.45) is -4.82. The van der Waals surface area contributed by atoms with Gasteiger partial charge in [0.25, 0.3) is 0 Å². The molecular weight excluding hydrogens is 461 g/mol. The topological polar surface area (TPSA) is 97.0 Å². The van der Waals surface area contributed by atoms with Crippen molar-refractivity contribution in [1.29, 1.82) is 0 Å². The summed E-state index contributed by atoms with van der Waals surface area (Å²) >= 11 is 6.31. The van der Waals surface area contributed by atoms with Gasteiger partial charge in [0.2, 0.25) is 5.91 Å². The summed E-state index contributed by atoms with van der Waals surface area (Å²) in [5, 5.41) is 3.13. The minimum Gasteiger partial charge on any atom is -0.406 e. The number of alkyl halides is 3. The van der Waals surface area contributed by atoms with Gasteiger partial charge in [-0.15, -0.1) is 13.2 Å². The van der Waals surface area contributed by atoms with Crippen LogP contribution in [0.3, 0.4) is 0 Å². The first-order valence-electron chi connectivity index (χ1n) is 9.73. The van der Waals surface area contributed by atoms with Crippen LogP contribution in [0.2, 0.25) is 5.02 Å². The standard InChI is InChI=1S/C22H20ClF3N4O3/c1-21(2,3)19(31)27-11-12-4-9-16(23)15(10-12)18-28-17(29-20(32)30-18)13-5-7-14(8-6-13)33-22(24,25)26/h4-10H,11H2,1-3H3,(H,27,31)(H,28,29,30,32). The van der Waals surface area contributed by atoms with Gasteiger partial charge < -0.3 is 10.1 Å². The molecule has 0 aliphatic heterocycles. The molecule has 2 aromatic carbocycles. The third-order valence-corrected chi connectivity index (χ3v) is 4.75. The van der Waals surface area contributed by atoms with E-state index in [9.17, 15) is 22.8 Å². The highest BCUT2D eigenvalue weighted by Crippen LogP contribution is 2.28. The molecule has 2 N–H and O–H groups in total. The van der Waals surface area contributed by atoms with Crippen molar-refractivity contribution in [3.05, 3.63) is 63.5 Å². The number of hydrogen-bond donors (Lipinski definition) is 2. The molecule has 7 nitrogen and oxygen atoms in total. The lowest BCUT2D eigenvalue weighted by atomic mass is 9.95. The van der Waals surface area contributed by atoms with E-state index < -0.39 is 23.2 Å². The third kappa shape index (κ3) is 6.55. The summed E-state index contributed by atoms with van der Waals surface area (Å²) in [5.41, 5.74) is 0.163. The smallest absolute Gasteiger partial charge is 0.406 e.